The summed E-state index contributed by atoms with van der Waals surface area (Å²) in [5.41, 5.74) is 1.86. The summed E-state index contributed by atoms with van der Waals surface area (Å²) < 4.78 is 5.47. The molecule has 0 spiro atoms. The summed E-state index contributed by atoms with van der Waals surface area (Å²) >= 11 is 0. The Labute approximate surface area is 107 Å². The van der Waals surface area contributed by atoms with Crippen LogP contribution in [0.3, 0.4) is 0 Å². The minimum Gasteiger partial charge on any atom is -0.487 e. The van der Waals surface area contributed by atoms with Gasteiger partial charge in [0.1, 0.15) is 12.4 Å². The highest BCUT2D eigenvalue weighted by Gasteiger charge is 2.02. The third-order valence-corrected chi connectivity index (χ3v) is 2.35. The van der Waals surface area contributed by atoms with Crippen LogP contribution in [0.4, 0.5) is 0 Å². The molecule has 0 fully saturated rings. The van der Waals surface area contributed by atoms with Crippen molar-refractivity contribution in [1.29, 1.82) is 5.41 Å². The smallest absolute Gasteiger partial charge is 0.130 e. The Morgan fingerprint density at radius 3 is 2.44 bits per heavy atom. The number of benzene rings is 1. The van der Waals surface area contributed by atoms with Gasteiger partial charge in [0.2, 0.25) is 0 Å². The molecule has 0 saturated heterocycles. The average Bonchev–Trinajstić information content (AvgIpc) is 2.42. The Bertz CT molecular complexity index is 458. The van der Waals surface area contributed by atoms with Gasteiger partial charge in [0.15, 0.2) is 0 Å². The molecule has 0 saturated carbocycles. The first-order valence-corrected chi connectivity index (χ1v) is 5.56. The zero-order valence-corrected chi connectivity index (χ0v) is 10.2. The van der Waals surface area contributed by atoms with Crippen LogP contribution in [0, 0.1) is 5.41 Å². The molecule has 0 radical (unpaired) electrons. The normalized spacial score (nSPS) is 10.8. The zero-order valence-electron chi connectivity index (χ0n) is 10.2. The fourth-order valence-electron chi connectivity index (χ4n) is 1.35. The molecule has 1 aromatic rings. The number of aliphatic hydroxyl groups is 1. The first-order valence-electron chi connectivity index (χ1n) is 5.56. The van der Waals surface area contributed by atoms with Crippen LogP contribution in [0.1, 0.15) is 5.56 Å². The van der Waals surface area contributed by atoms with E-state index >= 15 is 0 Å². The van der Waals surface area contributed by atoms with E-state index in [9.17, 15) is 0 Å². The second-order valence-corrected chi connectivity index (χ2v) is 3.63. The van der Waals surface area contributed by atoms with Crippen molar-refractivity contribution in [3.63, 3.8) is 0 Å². The molecule has 0 aliphatic heterocycles. The molecule has 18 heavy (non-hydrogen) atoms. The van der Waals surface area contributed by atoms with E-state index in [-0.39, 0.29) is 13.2 Å². The van der Waals surface area contributed by atoms with Gasteiger partial charge in [0.05, 0.1) is 12.3 Å². The van der Waals surface area contributed by atoms with Crippen molar-refractivity contribution in [2.45, 2.75) is 6.61 Å². The summed E-state index contributed by atoms with van der Waals surface area (Å²) in [7, 11) is 0. The van der Waals surface area contributed by atoms with Gasteiger partial charge in [-0.05, 0) is 23.3 Å². The first-order chi connectivity index (χ1) is 8.71. The number of hydrogen-bond donors (Lipinski definition) is 2. The number of allylic oxidation sites excluding steroid dienone is 3. The summed E-state index contributed by atoms with van der Waals surface area (Å²) in [4.78, 5) is 0. The maximum atomic E-state index is 8.91. The quantitative estimate of drug-likeness (QED) is 0.571. The number of rotatable bonds is 7. The number of nitrogens with one attached hydrogen (secondary N) is 1. The largest absolute Gasteiger partial charge is 0.487 e. The van der Waals surface area contributed by atoms with Crippen LogP contribution in [0.15, 0.2) is 61.2 Å². The van der Waals surface area contributed by atoms with Gasteiger partial charge in [-0.2, -0.15) is 0 Å². The predicted octanol–water partition coefficient (Wildman–Crippen LogP) is 2.88. The van der Waals surface area contributed by atoms with E-state index in [1.807, 2.05) is 0 Å². The van der Waals surface area contributed by atoms with E-state index in [1.54, 1.807) is 42.5 Å². The molecule has 2 N–H and O–H groups in total. The number of aliphatic hydroxyl groups excluding tert-OH is 1. The molecule has 3 nitrogen and oxygen atoms in total. The van der Waals surface area contributed by atoms with Crippen molar-refractivity contribution < 1.29 is 9.84 Å². The van der Waals surface area contributed by atoms with Crippen LogP contribution in [-0.2, 0) is 6.61 Å². The molecular formula is C15H17NO2. The van der Waals surface area contributed by atoms with Crippen LogP contribution in [-0.4, -0.2) is 17.4 Å². The second-order valence-electron chi connectivity index (χ2n) is 3.63. The lowest BCUT2D eigenvalue weighted by molar-refractivity contribution is 0.281. The topological polar surface area (TPSA) is 53.3 Å². The Morgan fingerprint density at radius 2 is 1.94 bits per heavy atom. The SMILES string of the molecule is C=C/C=C(\C=C)C(=N)COc1ccc(CO)cc1. The molecule has 0 atom stereocenters. The molecule has 0 aliphatic carbocycles. The summed E-state index contributed by atoms with van der Waals surface area (Å²) in [5.74, 6) is 0.666. The molecule has 0 aromatic heterocycles. The summed E-state index contributed by atoms with van der Waals surface area (Å²) in [6, 6.07) is 7.10. The van der Waals surface area contributed by atoms with Crippen LogP contribution in [0.25, 0.3) is 0 Å². The highest BCUT2D eigenvalue weighted by molar-refractivity contribution is 6.01. The Morgan fingerprint density at radius 1 is 1.28 bits per heavy atom. The van der Waals surface area contributed by atoms with Crippen LogP contribution in [0.5, 0.6) is 5.75 Å². The molecule has 3 heteroatoms. The van der Waals surface area contributed by atoms with Crippen molar-refractivity contribution in [2.24, 2.45) is 0 Å². The van der Waals surface area contributed by atoms with Crippen LogP contribution >= 0.6 is 0 Å². The van der Waals surface area contributed by atoms with Gasteiger partial charge >= 0.3 is 0 Å². The van der Waals surface area contributed by atoms with E-state index < -0.39 is 0 Å². The minimum absolute atomic E-state index is 0.0127. The Hall–Kier alpha value is -2.13. The summed E-state index contributed by atoms with van der Waals surface area (Å²) in [6.07, 6.45) is 4.93. The lowest BCUT2D eigenvalue weighted by Crippen LogP contribution is -2.11. The lowest BCUT2D eigenvalue weighted by atomic mass is 10.1. The first kappa shape index (κ1) is 13.9. The van der Waals surface area contributed by atoms with Crippen molar-refractivity contribution >= 4 is 5.71 Å². The van der Waals surface area contributed by atoms with Gasteiger partial charge in [-0.25, -0.2) is 0 Å². The standard InChI is InChI=1S/C15H17NO2/c1-3-5-13(4-2)15(16)11-18-14-8-6-12(10-17)7-9-14/h3-9,16-17H,1-2,10-11H2/b13-5+,16-15?. The van der Waals surface area contributed by atoms with Gasteiger partial charge < -0.3 is 15.3 Å². The van der Waals surface area contributed by atoms with Gasteiger partial charge in [0, 0.05) is 0 Å². The average molecular weight is 243 g/mol. The maximum Gasteiger partial charge on any atom is 0.130 e. The minimum atomic E-state index is 0.0127. The van der Waals surface area contributed by atoms with Crippen molar-refractivity contribution in [1.82, 2.24) is 0 Å². The third-order valence-electron chi connectivity index (χ3n) is 2.35. The van der Waals surface area contributed by atoms with Crippen molar-refractivity contribution in [2.75, 3.05) is 6.61 Å². The van der Waals surface area contributed by atoms with E-state index in [1.165, 1.54) is 0 Å². The molecule has 0 aliphatic rings. The zero-order chi connectivity index (χ0) is 13.4. The van der Waals surface area contributed by atoms with Crippen LogP contribution < -0.4 is 4.74 Å². The third kappa shape index (κ3) is 4.03. The highest BCUT2D eigenvalue weighted by atomic mass is 16.5. The lowest BCUT2D eigenvalue weighted by Gasteiger charge is -2.08. The Kier molecular flexibility index (Phi) is 5.61. The van der Waals surface area contributed by atoms with Crippen LogP contribution in [0.2, 0.25) is 0 Å². The van der Waals surface area contributed by atoms with E-state index in [0.29, 0.717) is 17.0 Å². The van der Waals surface area contributed by atoms with E-state index in [2.05, 4.69) is 13.2 Å². The molecule has 1 rings (SSSR count). The fourth-order valence-corrected chi connectivity index (χ4v) is 1.35. The maximum absolute atomic E-state index is 8.91. The van der Waals surface area contributed by atoms with Crippen molar-refractivity contribution in [3.05, 3.63) is 66.8 Å². The predicted molar refractivity (Wildman–Crippen MR) is 74.1 cm³/mol. The monoisotopic (exact) mass is 243 g/mol. The van der Waals surface area contributed by atoms with Crippen molar-refractivity contribution in [3.8, 4) is 5.75 Å². The summed E-state index contributed by atoms with van der Waals surface area (Å²) in [6.45, 7) is 7.40. The van der Waals surface area contributed by atoms with Gasteiger partial charge in [-0.15, -0.1) is 0 Å². The van der Waals surface area contributed by atoms with E-state index in [4.69, 9.17) is 15.3 Å². The van der Waals surface area contributed by atoms with Gasteiger partial charge in [-0.1, -0.05) is 43.5 Å². The second kappa shape index (κ2) is 7.25. The fraction of sp³-hybridized carbons (Fsp3) is 0.133. The molecule has 0 unspecified atom stereocenters. The van der Waals surface area contributed by atoms with E-state index in [0.717, 1.165) is 5.56 Å². The van der Waals surface area contributed by atoms with Gasteiger partial charge in [0.25, 0.3) is 0 Å². The Balaban J connectivity index is 2.58. The molecule has 1 aromatic carbocycles. The molecule has 0 amide bonds. The number of ether oxygens (including phenoxy) is 1. The molecule has 0 bridgehead atoms. The number of hydrogen-bond acceptors (Lipinski definition) is 3. The highest BCUT2D eigenvalue weighted by Crippen LogP contribution is 2.12. The summed E-state index contributed by atoms with van der Waals surface area (Å²) in [5, 5.41) is 16.7. The molecular weight excluding hydrogens is 226 g/mol. The molecule has 0 heterocycles. The molecule has 94 valence electrons. The van der Waals surface area contributed by atoms with Gasteiger partial charge in [-0.3, -0.25) is 0 Å².